The molecule has 202 valence electrons. The molecule has 37 heavy (non-hydrogen) atoms. The van der Waals surface area contributed by atoms with Crippen LogP contribution >= 0.6 is 0 Å². The smallest absolute Gasteiger partial charge is 0.126 e. The Hall–Kier alpha value is -2.33. The van der Waals surface area contributed by atoms with Gasteiger partial charge in [0.15, 0.2) is 0 Å². The van der Waals surface area contributed by atoms with Gasteiger partial charge in [0.25, 0.3) is 0 Å². The van der Waals surface area contributed by atoms with Gasteiger partial charge in [-0.15, -0.1) is 0 Å². The molecule has 3 aliphatic carbocycles. The van der Waals surface area contributed by atoms with E-state index in [4.69, 9.17) is 9.47 Å². The molecule has 5 rings (SSSR count). The third kappa shape index (κ3) is 4.94. The number of aliphatic hydroxyl groups is 1. The van der Waals surface area contributed by atoms with Crippen molar-refractivity contribution in [2.75, 3.05) is 20.8 Å². The number of hydrogen-bond donors (Lipinski definition) is 1. The highest BCUT2D eigenvalue weighted by Crippen LogP contribution is 2.65. The lowest BCUT2D eigenvalue weighted by Gasteiger charge is -2.59. The molecule has 4 atom stereocenters. The predicted octanol–water partition coefficient (Wildman–Crippen LogP) is 8.16. The van der Waals surface area contributed by atoms with E-state index in [1.807, 2.05) is 12.1 Å². The summed E-state index contributed by atoms with van der Waals surface area (Å²) >= 11 is 0. The molecule has 0 saturated heterocycles. The Morgan fingerprint density at radius 1 is 1.05 bits per heavy atom. The lowest BCUT2D eigenvalue weighted by molar-refractivity contribution is -0.0260. The largest absolute Gasteiger partial charge is 0.496 e. The van der Waals surface area contributed by atoms with Crippen molar-refractivity contribution in [2.24, 2.45) is 17.3 Å². The minimum absolute atomic E-state index is 0.101. The average molecular weight is 509 g/mol. The Labute approximate surface area is 223 Å². The fourth-order valence-corrected chi connectivity index (χ4v) is 7.19. The third-order valence-electron chi connectivity index (χ3n) is 9.66. The van der Waals surface area contributed by atoms with Crippen molar-refractivity contribution in [1.82, 2.24) is 0 Å². The molecule has 3 nitrogen and oxygen atoms in total. The minimum atomic E-state index is -0.232. The van der Waals surface area contributed by atoms with E-state index in [2.05, 4.69) is 52.8 Å². The van der Waals surface area contributed by atoms with Gasteiger partial charge in [-0.05, 0) is 82.4 Å². The van der Waals surface area contributed by atoms with Crippen LogP contribution in [0.1, 0.15) is 95.2 Å². The lowest BCUT2D eigenvalue weighted by Crippen LogP contribution is -2.51. The normalized spacial score (nSPS) is 23.2. The lowest BCUT2D eigenvalue weighted by atomic mass is 9.45. The van der Waals surface area contributed by atoms with Crippen molar-refractivity contribution in [3.63, 3.8) is 0 Å². The SMILES string of the molecule is CCCCC[C@H](c1ccc(F)cc1)C(C)(C)c1cc(OC)c([C@H]2C=C(CO)[C@H]3C[C@@H]2C3(C)C)c(OC)c1. The van der Waals surface area contributed by atoms with Gasteiger partial charge in [0.1, 0.15) is 17.3 Å². The van der Waals surface area contributed by atoms with Crippen molar-refractivity contribution in [3.8, 4) is 11.5 Å². The Morgan fingerprint density at radius 2 is 1.68 bits per heavy atom. The first-order chi connectivity index (χ1) is 17.6. The summed E-state index contributed by atoms with van der Waals surface area (Å²) in [6.45, 7) is 11.5. The molecule has 1 fully saturated rings. The topological polar surface area (TPSA) is 38.7 Å². The number of unbranched alkanes of at least 4 members (excludes halogenated alkanes) is 2. The van der Waals surface area contributed by atoms with Crippen LogP contribution in [0.4, 0.5) is 4.39 Å². The molecular formula is C33H45FO3. The number of methoxy groups -OCH3 is 2. The molecule has 2 aromatic carbocycles. The number of hydrogen-bond acceptors (Lipinski definition) is 3. The molecule has 2 bridgehead atoms. The zero-order valence-corrected chi connectivity index (χ0v) is 23.7. The van der Waals surface area contributed by atoms with Crippen molar-refractivity contribution in [2.45, 2.75) is 84.0 Å². The van der Waals surface area contributed by atoms with Crippen molar-refractivity contribution in [3.05, 3.63) is 70.6 Å². The fraction of sp³-hybridized carbons (Fsp3) is 0.576. The average Bonchev–Trinajstić information content (AvgIpc) is 2.90. The number of fused-ring (bicyclic) bond motifs is 1. The van der Waals surface area contributed by atoms with Crippen LogP contribution in [-0.2, 0) is 5.41 Å². The summed E-state index contributed by atoms with van der Waals surface area (Å²) in [4.78, 5) is 0. The van der Waals surface area contributed by atoms with E-state index < -0.39 is 0 Å². The zero-order valence-electron chi connectivity index (χ0n) is 23.7. The molecule has 1 N–H and O–H groups in total. The minimum Gasteiger partial charge on any atom is -0.496 e. The maximum Gasteiger partial charge on any atom is 0.126 e. The van der Waals surface area contributed by atoms with Crippen LogP contribution in [0.5, 0.6) is 11.5 Å². The Morgan fingerprint density at radius 3 is 2.19 bits per heavy atom. The van der Waals surface area contributed by atoms with Crippen molar-refractivity contribution in [1.29, 1.82) is 0 Å². The molecule has 3 aliphatic rings. The molecule has 0 unspecified atom stereocenters. The number of allylic oxidation sites excluding steroid dienone is 1. The first kappa shape index (κ1) is 27.7. The van der Waals surface area contributed by atoms with Crippen LogP contribution in [-0.4, -0.2) is 25.9 Å². The van der Waals surface area contributed by atoms with Crippen LogP contribution in [0.25, 0.3) is 0 Å². The zero-order chi connectivity index (χ0) is 27.0. The highest BCUT2D eigenvalue weighted by atomic mass is 19.1. The Balaban J connectivity index is 1.79. The number of ether oxygens (including phenoxy) is 2. The van der Waals surface area contributed by atoms with Gasteiger partial charge in [-0.25, -0.2) is 4.39 Å². The summed E-state index contributed by atoms with van der Waals surface area (Å²) in [6, 6.07) is 11.4. The summed E-state index contributed by atoms with van der Waals surface area (Å²) in [5.74, 6) is 2.78. The van der Waals surface area contributed by atoms with Gasteiger partial charge in [0.05, 0.1) is 20.8 Å². The molecular weight excluding hydrogens is 463 g/mol. The van der Waals surface area contributed by atoms with Gasteiger partial charge in [0.2, 0.25) is 0 Å². The van der Waals surface area contributed by atoms with Crippen LogP contribution < -0.4 is 9.47 Å². The maximum atomic E-state index is 13.8. The number of rotatable bonds is 11. The summed E-state index contributed by atoms with van der Waals surface area (Å²) in [5.41, 5.74) is 4.44. The second kappa shape index (κ2) is 10.8. The van der Waals surface area contributed by atoms with E-state index in [-0.39, 0.29) is 35.1 Å². The Kier molecular flexibility index (Phi) is 8.09. The highest BCUT2D eigenvalue weighted by molar-refractivity contribution is 5.55. The quantitative estimate of drug-likeness (QED) is 0.246. The van der Waals surface area contributed by atoms with E-state index >= 15 is 0 Å². The van der Waals surface area contributed by atoms with E-state index in [1.54, 1.807) is 26.4 Å². The molecule has 0 aromatic heterocycles. The van der Waals surface area contributed by atoms with Gasteiger partial charge < -0.3 is 14.6 Å². The predicted molar refractivity (Wildman–Crippen MR) is 149 cm³/mol. The highest BCUT2D eigenvalue weighted by Gasteiger charge is 2.56. The molecule has 2 aromatic rings. The second-order valence-corrected chi connectivity index (χ2v) is 12.3. The molecule has 4 heteroatoms. The third-order valence-corrected chi connectivity index (χ3v) is 9.66. The van der Waals surface area contributed by atoms with Gasteiger partial charge in [-0.2, -0.15) is 0 Å². The van der Waals surface area contributed by atoms with Gasteiger partial charge in [-0.1, -0.05) is 72.1 Å². The van der Waals surface area contributed by atoms with E-state index in [0.717, 1.165) is 59.4 Å². The number of aliphatic hydroxyl groups excluding tert-OH is 1. The van der Waals surface area contributed by atoms with E-state index in [1.165, 1.54) is 6.42 Å². The van der Waals surface area contributed by atoms with Crippen molar-refractivity contribution < 1.29 is 19.0 Å². The van der Waals surface area contributed by atoms with E-state index in [0.29, 0.717) is 11.8 Å². The van der Waals surface area contributed by atoms with Gasteiger partial charge >= 0.3 is 0 Å². The van der Waals surface area contributed by atoms with Crippen LogP contribution in [0.2, 0.25) is 0 Å². The summed E-state index contributed by atoms with van der Waals surface area (Å²) in [6.07, 6.45) is 7.86. The van der Waals surface area contributed by atoms with E-state index in [9.17, 15) is 9.50 Å². The van der Waals surface area contributed by atoms with Gasteiger partial charge in [0, 0.05) is 11.5 Å². The first-order valence-corrected chi connectivity index (χ1v) is 13.9. The number of benzene rings is 2. The summed E-state index contributed by atoms with van der Waals surface area (Å²) in [5, 5.41) is 10.1. The van der Waals surface area contributed by atoms with Crippen LogP contribution in [0.3, 0.4) is 0 Å². The van der Waals surface area contributed by atoms with Crippen LogP contribution in [0, 0.1) is 23.1 Å². The number of halogens is 1. The molecule has 0 spiro atoms. The summed E-state index contributed by atoms with van der Waals surface area (Å²) in [7, 11) is 3.48. The van der Waals surface area contributed by atoms with Gasteiger partial charge in [-0.3, -0.25) is 0 Å². The molecule has 1 saturated carbocycles. The monoisotopic (exact) mass is 508 g/mol. The fourth-order valence-electron chi connectivity index (χ4n) is 7.19. The Bertz CT molecular complexity index is 1090. The van der Waals surface area contributed by atoms with Crippen LogP contribution in [0.15, 0.2) is 48.0 Å². The molecule has 0 aliphatic heterocycles. The standard InChI is InChI=1S/C33H45FO3/c1-8-9-10-11-26(21-12-14-24(34)15-13-21)32(2,3)23-17-29(36-6)31(30(18-23)37-7)25-16-22(20-35)27-19-28(25)33(27,4)5/h12-18,25-28,35H,8-11,19-20H2,1-7H3/t25-,26+,27+,28-/m0/s1. The molecule has 0 heterocycles. The maximum absolute atomic E-state index is 13.8. The first-order valence-electron chi connectivity index (χ1n) is 13.9. The van der Waals surface area contributed by atoms with Crippen molar-refractivity contribution >= 4 is 0 Å². The molecule has 0 radical (unpaired) electrons. The summed E-state index contributed by atoms with van der Waals surface area (Å²) < 4.78 is 25.9. The second-order valence-electron chi connectivity index (χ2n) is 12.3. The molecule has 0 amide bonds.